The lowest BCUT2D eigenvalue weighted by atomic mass is 9.86. The van der Waals surface area contributed by atoms with Gasteiger partial charge in [0.1, 0.15) is 5.52 Å². The fourth-order valence-corrected chi connectivity index (χ4v) is 4.69. The van der Waals surface area contributed by atoms with Crippen LogP contribution in [-0.2, 0) is 12.0 Å². The maximum atomic E-state index is 13.5. The van der Waals surface area contributed by atoms with E-state index in [1.165, 1.54) is 16.9 Å². The van der Waals surface area contributed by atoms with Gasteiger partial charge in [0.05, 0.1) is 16.0 Å². The Morgan fingerprint density at radius 1 is 1.16 bits per heavy atom. The standard InChI is InChI=1S/C24H25ClN4OS/c1-24(2,3)18-10-8-17(9-11-18)22(30)29(14-5-13-28-15-12-26-16-28)23-27-21-19(25)6-4-7-20(21)31-23/h4,6-12,15-16H,5,13-14H2,1-3H3. The maximum Gasteiger partial charge on any atom is 0.260 e. The largest absolute Gasteiger partial charge is 0.337 e. The van der Waals surface area contributed by atoms with E-state index in [-0.39, 0.29) is 11.3 Å². The van der Waals surface area contributed by atoms with Gasteiger partial charge in [-0.15, -0.1) is 0 Å². The summed E-state index contributed by atoms with van der Waals surface area (Å²) in [5, 5.41) is 1.26. The molecule has 0 fully saturated rings. The number of imidazole rings is 1. The first kappa shape index (κ1) is 21.5. The van der Waals surface area contributed by atoms with Crippen LogP contribution in [0, 0.1) is 0 Å². The molecule has 0 aliphatic carbocycles. The minimum atomic E-state index is -0.0544. The number of nitrogens with zero attached hydrogens (tertiary/aromatic N) is 4. The van der Waals surface area contributed by atoms with Crippen LogP contribution in [0.25, 0.3) is 10.2 Å². The molecule has 0 aliphatic heterocycles. The third-order valence-electron chi connectivity index (χ3n) is 5.19. The van der Waals surface area contributed by atoms with Crippen molar-refractivity contribution in [1.82, 2.24) is 14.5 Å². The smallest absolute Gasteiger partial charge is 0.260 e. The number of benzene rings is 2. The molecule has 0 N–H and O–H groups in total. The highest BCUT2D eigenvalue weighted by Gasteiger charge is 2.22. The molecule has 5 nitrogen and oxygen atoms in total. The summed E-state index contributed by atoms with van der Waals surface area (Å²) in [6.45, 7) is 7.82. The topological polar surface area (TPSA) is 51.0 Å². The second-order valence-electron chi connectivity index (χ2n) is 8.52. The number of carbonyl (C=O) groups excluding carboxylic acids is 1. The zero-order chi connectivity index (χ0) is 22.0. The first-order valence-corrected chi connectivity index (χ1v) is 11.5. The maximum absolute atomic E-state index is 13.5. The molecular weight excluding hydrogens is 428 g/mol. The summed E-state index contributed by atoms with van der Waals surface area (Å²) in [6, 6.07) is 13.6. The van der Waals surface area contributed by atoms with Crippen molar-refractivity contribution in [2.45, 2.75) is 39.2 Å². The van der Waals surface area contributed by atoms with Crippen LogP contribution in [0.5, 0.6) is 0 Å². The normalized spacial score (nSPS) is 11.7. The van der Waals surface area contributed by atoms with Gasteiger partial charge in [-0.25, -0.2) is 9.97 Å². The van der Waals surface area contributed by atoms with Gasteiger partial charge in [-0.3, -0.25) is 9.69 Å². The third-order valence-corrected chi connectivity index (χ3v) is 6.54. The Hall–Kier alpha value is -2.70. The highest BCUT2D eigenvalue weighted by Crippen LogP contribution is 2.33. The second-order valence-corrected chi connectivity index (χ2v) is 9.94. The highest BCUT2D eigenvalue weighted by atomic mass is 35.5. The average molecular weight is 453 g/mol. The van der Waals surface area contributed by atoms with E-state index in [1.54, 1.807) is 17.4 Å². The molecule has 2 aromatic heterocycles. The highest BCUT2D eigenvalue weighted by molar-refractivity contribution is 7.22. The van der Waals surface area contributed by atoms with Crippen molar-refractivity contribution in [3.8, 4) is 0 Å². The molecule has 0 aliphatic rings. The Kier molecular flexibility index (Phi) is 6.12. The molecule has 2 heterocycles. The number of rotatable bonds is 6. The van der Waals surface area contributed by atoms with Crippen LogP contribution in [-0.4, -0.2) is 27.0 Å². The summed E-state index contributed by atoms with van der Waals surface area (Å²) in [7, 11) is 0. The van der Waals surface area contributed by atoms with Gasteiger partial charge in [0.2, 0.25) is 0 Å². The van der Waals surface area contributed by atoms with Gasteiger partial charge in [0.15, 0.2) is 5.13 Å². The summed E-state index contributed by atoms with van der Waals surface area (Å²) in [4.78, 5) is 24.1. The second kappa shape index (κ2) is 8.81. The number of amides is 1. The van der Waals surface area contributed by atoms with Crippen molar-refractivity contribution in [2.75, 3.05) is 11.4 Å². The molecule has 0 atom stereocenters. The van der Waals surface area contributed by atoms with E-state index in [0.29, 0.717) is 22.3 Å². The molecule has 0 unspecified atom stereocenters. The summed E-state index contributed by atoms with van der Waals surface area (Å²) >= 11 is 7.82. The first-order chi connectivity index (χ1) is 14.8. The van der Waals surface area contributed by atoms with Gasteiger partial charge < -0.3 is 4.57 Å². The van der Waals surface area contributed by atoms with Crippen molar-refractivity contribution in [3.05, 3.63) is 77.3 Å². The SMILES string of the molecule is CC(C)(C)c1ccc(C(=O)N(CCCn2ccnc2)c2nc3c(Cl)cccc3s2)cc1. The number of thiazole rings is 1. The van der Waals surface area contributed by atoms with Crippen LogP contribution in [0.2, 0.25) is 5.02 Å². The Labute approximate surface area is 191 Å². The molecule has 7 heteroatoms. The van der Waals surface area contributed by atoms with Crippen molar-refractivity contribution >= 4 is 44.2 Å². The number of carbonyl (C=O) groups is 1. The number of anilines is 1. The Balaban J connectivity index is 1.63. The summed E-state index contributed by atoms with van der Waals surface area (Å²) in [6.07, 6.45) is 6.25. The van der Waals surface area contributed by atoms with Crippen molar-refractivity contribution in [1.29, 1.82) is 0 Å². The zero-order valence-corrected chi connectivity index (χ0v) is 19.5. The molecule has 0 saturated heterocycles. The van der Waals surface area contributed by atoms with Gasteiger partial charge in [-0.1, -0.05) is 61.9 Å². The van der Waals surface area contributed by atoms with Crippen molar-refractivity contribution in [3.63, 3.8) is 0 Å². The molecule has 0 bridgehead atoms. The van der Waals surface area contributed by atoms with E-state index in [9.17, 15) is 4.79 Å². The van der Waals surface area contributed by atoms with Crippen molar-refractivity contribution < 1.29 is 4.79 Å². The molecule has 31 heavy (non-hydrogen) atoms. The number of aromatic nitrogens is 3. The molecule has 2 aromatic carbocycles. The van der Waals surface area contributed by atoms with Crippen LogP contribution in [0.1, 0.15) is 43.1 Å². The van der Waals surface area contributed by atoms with E-state index in [0.717, 1.165) is 23.2 Å². The quantitative estimate of drug-likeness (QED) is 0.351. The predicted molar refractivity (Wildman–Crippen MR) is 128 cm³/mol. The number of halogens is 1. The van der Waals surface area contributed by atoms with E-state index in [1.807, 2.05) is 53.2 Å². The van der Waals surface area contributed by atoms with Gasteiger partial charge in [-0.2, -0.15) is 0 Å². The lowest BCUT2D eigenvalue weighted by Gasteiger charge is -2.22. The van der Waals surface area contributed by atoms with Crippen LogP contribution < -0.4 is 4.90 Å². The summed E-state index contributed by atoms with van der Waals surface area (Å²) in [5.41, 5.74) is 2.62. The minimum absolute atomic E-state index is 0.0375. The number of fused-ring (bicyclic) bond motifs is 1. The molecule has 0 spiro atoms. The van der Waals surface area contributed by atoms with Crippen LogP contribution in [0.4, 0.5) is 5.13 Å². The van der Waals surface area contributed by atoms with Gasteiger partial charge in [0.25, 0.3) is 5.91 Å². The number of hydrogen-bond donors (Lipinski definition) is 0. The van der Waals surface area contributed by atoms with E-state index < -0.39 is 0 Å². The zero-order valence-electron chi connectivity index (χ0n) is 17.9. The number of para-hydroxylation sites is 1. The first-order valence-electron chi connectivity index (χ1n) is 10.3. The number of hydrogen-bond acceptors (Lipinski definition) is 4. The van der Waals surface area contributed by atoms with Crippen molar-refractivity contribution in [2.24, 2.45) is 0 Å². The van der Waals surface area contributed by atoms with E-state index in [4.69, 9.17) is 16.6 Å². The average Bonchev–Trinajstić information content (AvgIpc) is 3.41. The van der Waals surface area contributed by atoms with Crippen LogP contribution in [0.15, 0.2) is 61.2 Å². The molecule has 4 rings (SSSR count). The van der Waals surface area contributed by atoms with Gasteiger partial charge in [-0.05, 0) is 41.7 Å². The van der Waals surface area contributed by atoms with E-state index >= 15 is 0 Å². The fourth-order valence-electron chi connectivity index (χ4n) is 3.40. The molecule has 160 valence electrons. The molecule has 0 saturated carbocycles. The molecule has 0 radical (unpaired) electrons. The molecule has 1 amide bonds. The Bertz CT molecular complexity index is 1180. The van der Waals surface area contributed by atoms with E-state index in [2.05, 4.69) is 25.8 Å². The minimum Gasteiger partial charge on any atom is -0.337 e. The Morgan fingerprint density at radius 2 is 1.94 bits per heavy atom. The summed E-state index contributed by atoms with van der Waals surface area (Å²) in [5.74, 6) is -0.0544. The summed E-state index contributed by atoms with van der Waals surface area (Å²) < 4.78 is 2.98. The lowest BCUT2D eigenvalue weighted by molar-refractivity contribution is 0.0986. The third kappa shape index (κ3) is 4.81. The van der Waals surface area contributed by atoms with Crippen LogP contribution in [0.3, 0.4) is 0 Å². The predicted octanol–water partition coefficient (Wildman–Crippen LogP) is 6.18. The monoisotopic (exact) mass is 452 g/mol. The van der Waals surface area contributed by atoms with Crippen LogP contribution >= 0.6 is 22.9 Å². The van der Waals surface area contributed by atoms with Gasteiger partial charge >= 0.3 is 0 Å². The van der Waals surface area contributed by atoms with Gasteiger partial charge in [0, 0.05) is 31.0 Å². The number of aryl methyl sites for hydroxylation is 1. The lowest BCUT2D eigenvalue weighted by Crippen LogP contribution is -2.32. The fraction of sp³-hybridized carbons (Fsp3) is 0.292. The molecule has 4 aromatic rings. The molecular formula is C24H25ClN4OS. The Morgan fingerprint density at radius 3 is 2.58 bits per heavy atom.